The second-order valence-corrected chi connectivity index (χ2v) is 11.0. The number of likely N-dealkylation sites (N-methyl/N-ethyl adjacent to an activating group) is 1. The van der Waals surface area contributed by atoms with Gasteiger partial charge in [0.15, 0.2) is 0 Å². The Morgan fingerprint density at radius 2 is 1.91 bits per heavy atom. The number of hydrogen-bond acceptors (Lipinski definition) is 5. The number of thiazole rings is 1. The molecule has 3 aromatic rings. The fourth-order valence-corrected chi connectivity index (χ4v) is 5.24. The first-order valence-corrected chi connectivity index (χ1v) is 12.0. The summed E-state index contributed by atoms with van der Waals surface area (Å²) < 4.78 is 7.87. The summed E-state index contributed by atoms with van der Waals surface area (Å²) in [6.45, 7) is 6.36. The number of rotatable bonds is 10. The average Bonchev–Trinajstić information content (AvgIpc) is 3.31. The van der Waals surface area contributed by atoms with E-state index in [1.54, 1.807) is 11.3 Å². The summed E-state index contributed by atoms with van der Waals surface area (Å²) in [4.78, 5) is 16.4. The molecule has 174 valence electrons. The van der Waals surface area contributed by atoms with E-state index in [0.717, 1.165) is 37.7 Å². The average molecular weight is 467 g/mol. The van der Waals surface area contributed by atoms with Crippen molar-refractivity contribution < 1.29 is 19.1 Å². The molecule has 1 aliphatic rings. The van der Waals surface area contributed by atoms with Gasteiger partial charge in [0, 0.05) is 17.2 Å². The van der Waals surface area contributed by atoms with Gasteiger partial charge in [-0.15, -0.1) is 11.3 Å². The summed E-state index contributed by atoms with van der Waals surface area (Å²) >= 11 is 1.63. The Morgan fingerprint density at radius 1 is 1.21 bits per heavy atom. The zero-order valence-corrected chi connectivity index (χ0v) is 20.4. The van der Waals surface area contributed by atoms with Crippen molar-refractivity contribution in [3.8, 4) is 5.75 Å². The minimum Gasteiger partial charge on any atom is -0.488 e. The lowest BCUT2D eigenvalue weighted by Gasteiger charge is -2.30. The summed E-state index contributed by atoms with van der Waals surface area (Å²) in [5.74, 6) is 0.0258. The highest BCUT2D eigenvalue weighted by atomic mass is 32.1. The standard InChI is InChI=1S/C26H31N3O3S/c1-18(26(16-25(30)31)14-19-7-5-6-8-20(19)15-26)27-17-24-28-22-13-21(9-10-23(22)33-24)32-12-11-29(2,3)4/h5-10,13,27H,1,11-12,14-17H2,2-4H3/p+1. The summed E-state index contributed by atoms with van der Waals surface area (Å²) in [7, 11) is 6.43. The van der Waals surface area contributed by atoms with Crippen LogP contribution < -0.4 is 10.1 Å². The van der Waals surface area contributed by atoms with Crippen LogP contribution in [-0.4, -0.2) is 54.8 Å². The molecule has 0 spiro atoms. The number of carboxylic acids is 1. The number of carboxylic acid groups (broad SMARTS) is 1. The number of hydrogen-bond donors (Lipinski definition) is 2. The van der Waals surface area contributed by atoms with Gasteiger partial charge in [-0.25, -0.2) is 4.98 Å². The number of allylic oxidation sites excluding steroid dienone is 1. The zero-order valence-electron chi connectivity index (χ0n) is 19.6. The van der Waals surface area contributed by atoms with Gasteiger partial charge in [0.2, 0.25) is 0 Å². The third-order valence-electron chi connectivity index (χ3n) is 6.19. The second-order valence-electron chi connectivity index (χ2n) is 9.90. The summed E-state index contributed by atoms with van der Waals surface area (Å²) in [6, 6.07) is 14.2. The van der Waals surface area contributed by atoms with Gasteiger partial charge < -0.3 is 19.6 Å². The van der Waals surface area contributed by atoms with Crippen LogP contribution >= 0.6 is 11.3 Å². The Hall–Kier alpha value is -2.90. The van der Waals surface area contributed by atoms with E-state index < -0.39 is 11.4 Å². The third kappa shape index (κ3) is 5.54. The summed E-state index contributed by atoms with van der Waals surface area (Å²) in [6.07, 6.45) is 1.44. The number of aromatic nitrogens is 1. The Bertz CT molecular complexity index is 1150. The van der Waals surface area contributed by atoms with Gasteiger partial charge in [0.05, 0.1) is 44.3 Å². The smallest absolute Gasteiger partial charge is 0.304 e. The number of quaternary nitrogens is 1. The summed E-state index contributed by atoms with van der Waals surface area (Å²) in [5, 5.41) is 13.9. The molecule has 0 unspecified atom stereocenters. The van der Waals surface area contributed by atoms with Crippen LogP contribution in [0, 0.1) is 5.41 Å². The molecule has 0 atom stereocenters. The molecule has 1 aromatic heterocycles. The van der Waals surface area contributed by atoms with Gasteiger partial charge in [-0.05, 0) is 36.1 Å². The number of ether oxygens (including phenoxy) is 1. The third-order valence-corrected chi connectivity index (χ3v) is 7.23. The zero-order chi connectivity index (χ0) is 23.6. The van der Waals surface area contributed by atoms with Gasteiger partial charge in [-0.1, -0.05) is 30.8 Å². The van der Waals surface area contributed by atoms with Gasteiger partial charge in [-0.3, -0.25) is 4.79 Å². The maximum absolute atomic E-state index is 11.7. The molecule has 0 bridgehead atoms. The van der Waals surface area contributed by atoms with Crippen molar-refractivity contribution in [3.05, 3.63) is 70.9 Å². The van der Waals surface area contributed by atoms with Crippen molar-refractivity contribution in [2.45, 2.75) is 25.8 Å². The van der Waals surface area contributed by atoms with Gasteiger partial charge in [0.1, 0.15) is 23.9 Å². The lowest BCUT2D eigenvalue weighted by atomic mass is 9.78. The van der Waals surface area contributed by atoms with Crippen LogP contribution in [0.15, 0.2) is 54.7 Å². The fraction of sp³-hybridized carbons (Fsp3) is 0.385. The van der Waals surface area contributed by atoms with Crippen LogP contribution in [0.5, 0.6) is 5.75 Å². The molecule has 1 aliphatic carbocycles. The largest absolute Gasteiger partial charge is 0.488 e. The molecule has 2 aromatic carbocycles. The van der Waals surface area contributed by atoms with Crippen molar-refractivity contribution in [2.75, 3.05) is 34.3 Å². The quantitative estimate of drug-likeness (QED) is 0.437. The lowest BCUT2D eigenvalue weighted by molar-refractivity contribution is -0.870. The molecule has 0 fully saturated rings. The van der Waals surface area contributed by atoms with Gasteiger partial charge in [-0.2, -0.15) is 0 Å². The van der Waals surface area contributed by atoms with E-state index in [1.165, 1.54) is 11.1 Å². The molecule has 0 aliphatic heterocycles. The van der Waals surface area contributed by atoms with Crippen LogP contribution in [0.4, 0.5) is 0 Å². The molecule has 0 saturated heterocycles. The van der Waals surface area contributed by atoms with Crippen LogP contribution in [-0.2, 0) is 24.2 Å². The highest BCUT2D eigenvalue weighted by Gasteiger charge is 2.41. The highest BCUT2D eigenvalue weighted by Crippen LogP contribution is 2.44. The van der Waals surface area contributed by atoms with E-state index in [1.807, 2.05) is 30.3 Å². The van der Waals surface area contributed by atoms with E-state index >= 15 is 0 Å². The lowest BCUT2D eigenvalue weighted by Crippen LogP contribution is -2.38. The molecule has 0 amide bonds. The first-order chi connectivity index (χ1) is 15.6. The number of nitrogens with one attached hydrogen (secondary N) is 1. The minimum absolute atomic E-state index is 0.0569. The van der Waals surface area contributed by atoms with E-state index in [0.29, 0.717) is 26.0 Å². The van der Waals surface area contributed by atoms with Crippen LogP contribution in [0.25, 0.3) is 10.2 Å². The number of nitrogens with zero attached hydrogens (tertiary/aromatic N) is 2. The van der Waals surface area contributed by atoms with Gasteiger partial charge >= 0.3 is 5.97 Å². The maximum atomic E-state index is 11.7. The molecule has 0 saturated carbocycles. The van der Waals surface area contributed by atoms with E-state index in [-0.39, 0.29) is 6.42 Å². The van der Waals surface area contributed by atoms with E-state index in [2.05, 4.69) is 45.2 Å². The first kappa shape index (κ1) is 23.3. The number of carbonyl (C=O) groups is 1. The molecule has 4 rings (SSSR count). The number of benzene rings is 2. The fourth-order valence-electron chi connectivity index (χ4n) is 4.36. The van der Waals surface area contributed by atoms with Crippen molar-refractivity contribution in [3.63, 3.8) is 0 Å². The van der Waals surface area contributed by atoms with Crippen LogP contribution in [0.1, 0.15) is 22.6 Å². The molecule has 2 N–H and O–H groups in total. The molecular weight excluding hydrogens is 434 g/mol. The number of fused-ring (bicyclic) bond motifs is 2. The molecule has 7 heteroatoms. The van der Waals surface area contributed by atoms with Crippen molar-refractivity contribution in [2.24, 2.45) is 5.41 Å². The van der Waals surface area contributed by atoms with Crippen LogP contribution in [0.2, 0.25) is 0 Å². The molecule has 0 radical (unpaired) electrons. The molecule has 33 heavy (non-hydrogen) atoms. The molecule has 6 nitrogen and oxygen atoms in total. The van der Waals surface area contributed by atoms with E-state index in [9.17, 15) is 9.90 Å². The summed E-state index contributed by atoms with van der Waals surface area (Å²) in [5.41, 5.74) is 3.58. The van der Waals surface area contributed by atoms with Gasteiger partial charge in [0.25, 0.3) is 0 Å². The minimum atomic E-state index is -0.802. The Kier molecular flexibility index (Phi) is 6.45. The Morgan fingerprint density at radius 3 is 2.55 bits per heavy atom. The maximum Gasteiger partial charge on any atom is 0.304 e. The first-order valence-electron chi connectivity index (χ1n) is 11.2. The number of aliphatic carboxylic acids is 1. The Labute approximate surface area is 199 Å². The topological polar surface area (TPSA) is 71.5 Å². The normalized spacial score (nSPS) is 14.8. The predicted octanol–water partition coefficient (Wildman–Crippen LogP) is 4.24. The monoisotopic (exact) mass is 466 g/mol. The van der Waals surface area contributed by atoms with Crippen molar-refractivity contribution >= 4 is 27.5 Å². The molecule has 1 heterocycles. The predicted molar refractivity (Wildman–Crippen MR) is 133 cm³/mol. The van der Waals surface area contributed by atoms with E-state index in [4.69, 9.17) is 9.72 Å². The molecular formula is C26H32N3O3S+. The second kappa shape index (κ2) is 9.15. The van der Waals surface area contributed by atoms with Crippen LogP contribution in [0.3, 0.4) is 0 Å². The highest BCUT2D eigenvalue weighted by molar-refractivity contribution is 7.18. The van der Waals surface area contributed by atoms with Crippen molar-refractivity contribution in [1.29, 1.82) is 0 Å². The van der Waals surface area contributed by atoms with Crippen molar-refractivity contribution in [1.82, 2.24) is 10.3 Å². The Balaban J connectivity index is 1.42. The SMILES string of the molecule is C=C(NCc1nc2cc(OCC[N+](C)(C)C)ccc2s1)C1(CC(=O)O)Cc2ccccc2C1.